The minimum absolute atomic E-state index is 0.0370. The molecule has 1 heterocycles. The fourth-order valence-electron chi connectivity index (χ4n) is 4.00. The van der Waals surface area contributed by atoms with Gasteiger partial charge >= 0.3 is 24.1 Å². The van der Waals surface area contributed by atoms with Gasteiger partial charge in [-0.3, -0.25) is 0 Å². The maximum atomic E-state index is 13.5. The van der Waals surface area contributed by atoms with Crippen LogP contribution in [-0.4, -0.2) is 58.6 Å². The van der Waals surface area contributed by atoms with E-state index < -0.39 is 64.4 Å². The molecule has 1 aromatic rings. The number of allylic oxidation sites excluding steroid dienone is 1. The molecule has 0 bridgehead atoms. The number of rotatable bonds is 11. The Morgan fingerprint density at radius 2 is 1.18 bits per heavy atom. The third-order valence-electron chi connectivity index (χ3n) is 5.50. The average Bonchev–Trinajstić information content (AvgIpc) is 2.78. The van der Waals surface area contributed by atoms with Crippen LogP contribution in [0.25, 0.3) is 0 Å². The van der Waals surface area contributed by atoms with Gasteiger partial charge in [0.1, 0.15) is 34.5 Å². The highest BCUT2D eigenvalue weighted by Gasteiger charge is 2.32. The van der Waals surface area contributed by atoms with E-state index in [0.29, 0.717) is 12.1 Å². The fourth-order valence-corrected chi connectivity index (χ4v) is 4.00. The summed E-state index contributed by atoms with van der Waals surface area (Å²) in [6.07, 6.45) is 2.98. The third-order valence-corrected chi connectivity index (χ3v) is 5.50. The van der Waals surface area contributed by atoms with Crippen LogP contribution in [0, 0.1) is 0 Å². The molecule has 2 N–H and O–H groups in total. The van der Waals surface area contributed by atoms with Crippen LogP contribution in [-0.2, 0) is 47.9 Å². The van der Waals surface area contributed by atoms with E-state index in [0.717, 1.165) is 0 Å². The van der Waals surface area contributed by atoms with Crippen LogP contribution in [0.3, 0.4) is 0 Å². The molecular weight excluding hydrogens is 582 g/mol. The minimum atomic E-state index is -1.26. The zero-order valence-corrected chi connectivity index (χ0v) is 29.0. The summed E-state index contributed by atoms with van der Waals surface area (Å²) in [7, 11) is 0. The molecule has 0 aliphatic rings. The largest absolute Gasteiger partial charge is 0.868 e. The molecule has 0 aliphatic carbocycles. The van der Waals surface area contributed by atoms with Crippen LogP contribution in [0.4, 0.5) is 9.59 Å². The second kappa shape index (κ2) is 15.4. The molecule has 0 spiro atoms. The van der Waals surface area contributed by atoms with Gasteiger partial charge in [0.15, 0.2) is 18.9 Å². The van der Waals surface area contributed by atoms with Gasteiger partial charge in [0, 0.05) is 12.0 Å². The highest BCUT2D eigenvalue weighted by Crippen LogP contribution is 2.23. The van der Waals surface area contributed by atoms with E-state index in [2.05, 4.69) is 17.2 Å². The number of carbonyl (C=O) groups is 4. The Balaban J connectivity index is 3.53. The van der Waals surface area contributed by atoms with Gasteiger partial charge in [-0.05, 0) is 113 Å². The first-order valence-electron chi connectivity index (χ1n) is 15.1. The van der Waals surface area contributed by atoms with Crippen LogP contribution in [0.15, 0.2) is 25.0 Å². The molecule has 0 aliphatic heterocycles. The van der Waals surface area contributed by atoms with E-state index in [4.69, 9.17) is 18.9 Å². The van der Waals surface area contributed by atoms with Gasteiger partial charge in [0.2, 0.25) is 0 Å². The van der Waals surface area contributed by atoms with E-state index in [-0.39, 0.29) is 24.8 Å². The van der Waals surface area contributed by atoms with Crippen molar-refractivity contribution in [3.63, 3.8) is 0 Å². The van der Waals surface area contributed by atoms with Crippen LogP contribution in [0.5, 0.6) is 5.75 Å². The molecule has 0 aromatic carbocycles. The van der Waals surface area contributed by atoms with Crippen LogP contribution in [0.2, 0.25) is 0 Å². The molecule has 45 heavy (non-hydrogen) atoms. The molecule has 12 nitrogen and oxygen atoms in total. The number of carbonyl (C=O) groups excluding carboxylic acids is 4. The molecule has 12 heteroatoms. The number of esters is 2. The zero-order valence-electron chi connectivity index (χ0n) is 29.0. The number of nitrogens with one attached hydrogen (secondary N) is 2. The Morgan fingerprint density at radius 1 is 0.756 bits per heavy atom. The summed E-state index contributed by atoms with van der Waals surface area (Å²) >= 11 is 0. The molecule has 0 saturated carbocycles. The molecule has 0 saturated heterocycles. The molecule has 0 fully saturated rings. The van der Waals surface area contributed by atoms with Crippen molar-refractivity contribution in [1.82, 2.24) is 10.6 Å². The van der Waals surface area contributed by atoms with Crippen molar-refractivity contribution >= 4 is 24.1 Å². The number of pyridine rings is 1. The summed E-state index contributed by atoms with van der Waals surface area (Å²) in [4.78, 5) is 51.7. The number of aromatic nitrogens is 1. The standard InChI is InChI=1S/C33H53N3O9/c1-14-17-36-19-21(15-16-23(26(38)42-30(2,3)4)34-28(40)44-32(8,9)10)22(25(37)20-36)18-24(27(39)43-31(5,6)7)35-29(41)45-33(11,12)13/h14,19-20,23-24H,1,15-18H2,2-13H3,(H2-,34,35,37,40,41)/t23-,24-/m0/s1. The molecule has 2 atom stereocenters. The van der Waals surface area contributed by atoms with Gasteiger partial charge in [0.25, 0.3) is 0 Å². The molecule has 0 radical (unpaired) electrons. The first kappa shape index (κ1) is 39.2. The highest BCUT2D eigenvalue weighted by molar-refractivity contribution is 5.83. The Labute approximate surface area is 267 Å². The number of ether oxygens (including phenoxy) is 4. The topological polar surface area (TPSA) is 156 Å². The van der Waals surface area contributed by atoms with Gasteiger partial charge < -0.3 is 34.7 Å². The molecule has 0 unspecified atom stereocenters. The van der Waals surface area contributed by atoms with Gasteiger partial charge in [-0.15, -0.1) is 0 Å². The van der Waals surface area contributed by atoms with Crippen molar-refractivity contribution in [2.24, 2.45) is 0 Å². The van der Waals surface area contributed by atoms with Crippen molar-refractivity contribution in [2.75, 3.05) is 0 Å². The lowest BCUT2D eigenvalue weighted by atomic mass is 9.96. The van der Waals surface area contributed by atoms with E-state index in [1.54, 1.807) is 99.9 Å². The lowest BCUT2D eigenvalue weighted by molar-refractivity contribution is -0.689. The Bertz CT molecular complexity index is 1220. The molecule has 1 aromatic heterocycles. The van der Waals surface area contributed by atoms with Crippen molar-refractivity contribution in [2.45, 2.75) is 143 Å². The summed E-state index contributed by atoms with van der Waals surface area (Å²) < 4.78 is 23.4. The number of alkyl carbamates (subject to hydrolysis) is 2. The van der Waals surface area contributed by atoms with Gasteiger partial charge in [0.05, 0.1) is 0 Å². The molecule has 1 rings (SSSR count). The summed E-state index contributed by atoms with van der Waals surface area (Å²) in [5, 5.41) is 18.6. The lowest BCUT2D eigenvalue weighted by Crippen LogP contribution is -2.47. The lowest BCUT2D eigenvalue weighted by Gasteiger charge is -2.28. The fraction of sp³-hybridized carbons (Fsp3) is 0.667. The van der Waals surface area contributed by atoms with E-state index in [9.17, 15) is 24.3 Å². The van der Waals surface area contributed by atoms with E-state index in [1.165, 1.54) is 6.20 Å². The number of aryl methyl sites for hydroxylation is 1. The monoisotopic (exact) mass is 635 g/mol. The Morgan fingerprint density at radius 3 is 1.60 bits per heavy atom. The van der Waals surface area contributed by atoms with Crippen LogP contribution < -0.4 is 20.3 Å². The number of hydrogen-bond acceptors (Lipinski definition) is 9. The molecule has 2 amide bonds. The smallest absolute Gasteiger partial charge is 0.408 e. The highest BCUT2D eigenvalue weighted by atomic mass is 16.6. The first-order valence-corrected chi connectivity index (χ1v) is 15.1. The Hall–Kier alpha value is -3.83. The second-order valence-electron chi connectivity index (χ2n) is 14.8. The minimum Gasteiger partial charge on any atom is -0.868 e. The number of nitrogens with zero attached hydrogens (tertiary/aromatic N) is 1. The quantitative estimate of drug-likeness (QED) is 0.158. The zero-order chi connectivity index (χ0) is 35.0. The average molecular weight is 636 g/mol. The summed E-state index contributed by atoms with van der Waals surface area (Å²) in [6, 6.07) is -2.38. The predicted molar refractivity (Wildman–Crippen MR) is 166 cm³/mol. The molecule has 254 valence electrons. The van der Waals surface area contributed by atoms with Crippen molar-refractivity contribution in [3.05, 3.63) is 36.2 Å². The summed E-state index contributed by atoms with van der Waals surface area (Å²) in [5.41, 5.74) is -2.62. The van der Waals surface area contributed by atoms with Gasteiger partial charge in [-0.25, -0.2) is 23.7 Å². The number of hydrogen-bond donors (Lipinski definition) is 2. The normalized spacial score (nSPS) is 13.6. The van der Waals surface area contributed by atoms with Gasteiger partial charge in [-0.1, -0.05) is 6.58 Å². The second-order valence-corrected chi connectivity index (χ2v) is 14.8. The van der Waals surface area contributed by atoms with Crippen LogP contribution in [0.1, 0.15) is 101 Å². The van der Waals surface area contributed by atoms with Crippen molar-refractivity contribution in [3.8, 4) is 5.75 Å². The molecular formula is C33H53N3O9. The SMILES string of the molecule is C=CC[n+]1cc([O-])c(C[C@H](NC(=O)OC(C)(C)C)C(=O)OC(C)(C)C)c(CC[C@H](NC(=O)OC(C)(C)C)C(=O)OC(C)(C)C)c1. The number of amides is 2. The van der Waals surface area contributed by atoms with Gasteiger partial charge in [-0.2, -0.15) is 0 Å². The van der Waals surface area contributed by atoms with Crippen molar-refractivity contribution < 1.29 is 47.8 Å². The van der Waals surface area contributed by atoms with Crippen molar-refractivity contribution in [1.29, 1.82) is 0 Å². The van der Waals surface area contributed by atoms with E-state index >= 15 is 0 Å². The van der Waals surface area contributed by atoms with E-state index in [1.807, 2.05) is 0 Å². The van der Waals surface area contributed by atoms with Crippen LogP contribution >= 0.6 is 0 Å². The maximum Gasteiger partial charge on any atom is 0.408 e. The summed E-state index contributed by atoms with van der Waals surface area (Å²) in [5.74, 6) is -1.83. The Kier molecular flexibility index (Phi) is 13.5. The predicted octanol–water partition coefficient (Wildman–Crippen LogP) is 4.18. The summed E-state index contributed by atoms with van der Waals surface area (Å²) in [6.45, 7) is 24.4. The first-order chi connectivity index (χ1) is 20.3. The third kappa shape index (κ3) is 16.2. The maximum absolute atomic E-state index is 13.5.